The lowest BCUT2D eigenvalue weighted by Crippen LogP contribution is -2.44. The second-order valence-corrected chi connectivity index (χ2v) is 7.39. The molecular formula is C17H25NS. The van der Waals surface area contributed by atoms with Crippen LogP contribution in [-0.2, 0) is 6.42 Å². The van der Waals surface area contributed by atoms with Gasteiger partial charge in [-0.25, -0.2) is 0 Å². The third-order valence-electron chi connectivity index (χ3n) is 4.99. The van der Waals surface area contributed by atoms with E-state index in [9.17, 15) is 0 Å². The molecule has 0 saturated heterocycles. The highest BCUT2D eigenvalue weighted by atomic mass is 32.2. The van der Waals surface area contributed by atoms with Crippen molar-refractivity contribution in [2.24, 2.45) is 0 Å². The normalized spacial score (nSPS) is 25.2. The second-order valence-electron chi connectivity index (χ2n) is 6.12. The summed E-state index contributed by atoms with van der Waals surface area (Å²) in [5, 5.41) is 3.89. The molecule has 1 atom stereocenters. The Morgan fingerprint density at radius 1 is 1.21 bits per heavy atom. The highest BCUT2D eigenvalue weighted by Crippen LogP contribution is 2.42. The highest BCUT2D eigenvalue weighted by Gasteiger charge is 2.36. The van der Waals surface area contributed by atoms with E-state index in [0.29, 0.717) is 10.8 Å². The van der Waals surface area contributed by atoms with Gasteiger partial charge in [-0.05, 0) is 49.5 Å². The summed E-state index contributed by atoms with van der Waals surface area (Å²) in [6.07, 6.45) is 11.8. The van der Waals surface area contributed by atoms with Crippen LogP contribution < -0.4 is 5.32 Å². The molecule has 19 heavy (non-hydrogen) atoms. The molecule has 0 radical (unpaired) electrons. The van der Waals surface area contributed by atoms with Gasteiger partial charge >= 0.3 is 0 Å². The Kier molecular flexibility index (Phi) is 4.18. The minimum Gasteiger partial charge on any atom is -0.309 e. The number of aryl methyl sites for hydroxylation is 1. The van der Waals surface area contributed by atoms with Crippen LogP contribution in [0.4, 0.5) is 0 Å². The van der Waals surface area contributed by atoms with Crippen molar-refractivity contribution in [3.05, 3.63) is 35.4 Å². The molecule has 2 aliphatic carbocycles. The molecule has 1 unspecified atom stereocenters. The van der Waals surface area contributed by atoms with Crippen LogP contribution in [0.3, 0.4) is 0 Å². The third-order valence-corrected chi connectivity index (χ3v) is 6.41. The van der Waals surface area contributed by atoms with Crippen LogP contribution >= 0.6 is 11.8 Å². The van der Waals surface area contributed by atoms with Gasteiger partial charge in [-0.1, -0.05) is 37.1 Å². The molecule has 0 amide bonds. The molecule has 1 aromatic carbocycles. The number of thioether (sulfide) groups is 1. The third kappa shape index (κ3) is 2.85. The topological polar surface area (TPSA) is 12.0 Å². The van der Waals surface area contributed by atoms with Gasteiger partial charge in [-0.3, -0.25) is 0 Å². The second kappa shape index (κ2) is 5.88. The van der Waals surface area contributed by atoms with Crippen LogP contribution in [0, 0.1) is 0 Å². The van der Waals surface area contributed by atoms with Crippen molar-refractivity contribution in [3.8, 4) is 0 Å². The molecule has 0 bridgehead atoms. The molecule has 1 nitrogen and oxygen atoms in total. The Labute approximate surface area is 121 Å². The van der Waals surface area contributed by atoms with Gasteiger partial charge in [0.1, 0.15) is 0 Å². The van der Waals surface area contributed by atoms with Crippen LogP contribution in [0.25, 0.3) is 0 Å². The van der Waals surface area contributed by atoms with E-state index < -0.39 is 0 Å². The van der Waals surface area contributed by atoms with E-state index in [0.717, 1.165) is 0 Å². The van der Waals surface area contributed by atoms with Crippen LogP contribution in [0.2, 0.25) is 0 Å². The Morgan fingerprint density at radius 3 is 2.79 bits per heavy atom. The molecule has 3 rings (SSSR count). The van der Waals surface area contributed by atoms with Gasteiger partial charge in [-0.2, -0.15) is 11.8 Å². The summed E-state index contributed by atoms with van der Waals surface area (Å²) in [5.41, 5.74) is 3.14. The maximum absolute atomic E-state index is 3.89. The SMILES string of the molecule is CSC1(CNC2CCCCc3ccccc32)CCC1. The lowest BCUT2D eigenvalue weighted by Gasteiger charge is -2.41. The van der Waals surface area contributed by atoms with Crippen LogP contribution in [0.5, 0.6) is 0 Å². The fourth-order valence-corrected chi connectivity index (χ4v) is 4.39. The van der Waals surface area contributed by atoms with E-state index in [1.165, 1.54) is 51.5 Å². The zero-order valence-electron chi connectivity index (χ0n) is 12.0. The summed E-state index contributed by atoms with van der Waals surface area (Å²) in [4.78, 5) is 0. The minimum atomic E-state index is 0.543. The lowest BCUT2D eigenvalue weighted by molar-refractivity contribution is 0.325. The Bertz CT molecular complexity index is 420. The average molecular weight is 275 g/mol. The first-order chi connectivity index (χ1) is 9.33. The fraction of sp³-hybridized carbons (Fsp3) is 0.647. The number of hydrogen-bond acceptors (Lipinski definition) is 2. The molecule has 2 aliphatic rings. The fourth-order valence-electron chi connectivity index (χ4n) is 3.47. The number of hydrogen-bond donors (Lipinski definition) is 1. The Balaban J connectivity index is 1.70. The first-order valence-corrected chi connectivity index (χ1v) is 8.92. The molecular weight excluding hydrogens is 250 g/mol. The molecule has 1 fully saturated rings. The summed E-state index contributed by atoms with van der Waals surface area (Å²) >= 11 is 2.07. The molecule has 1 saturated carbocycles. The zero-order chi connectivity index (χ0) is 13.1. The first-order valence-electron chi connectivity index (χ1n) is 7.69. The summed E-state index contributed by atoms with van der Waals surface area (Å²) in [6.45, 7) is 1.19. The zero-order valence-corrected chi connectivity index (χ0v) is 12.8. The molecule has 1 N–H and O–H groups in total. The summed E-state index contributed by atoms with van der Waals surface area (Å²) < 4.78 is 0.543. The number of benzene rings is 1. The van der Waals surface area contributed by atoms with Crippen molar-refractivity contribution >= 4 is 11.8 Å². The van der Waals surface area contributed by atoms with E-state index in [4.69, 9.17) is 0 Å². The van der Waals surface area contributed by atoms with Gasteiger partial charge in [0.05, 0.1) is 0 Å². The molecule has 0 spiro atoms. The van der Waals surface area contributed by atoms with Gasteiger partial charge in [0.2, 0.25) is 0 Å². The Morgan fingerprint density at radius 2 is 2.05 bits per heavy atom. The molecule has 0 heterocycles. The largest absolute Gasteiger partial charge is 0.309 e. The van der Waals surface area contributed by atoms with Gasteiger partial charge < -0.3 is 5.32 Å². The summed E-state index contributed by atoms with van der Waals surface area (Å²) in [7, 11) is 0. The maximum atomic E-state index is 3.89. The van der Waals surface area contributed by atoms with Gasteiger partial charge in [-0.15, -0.1) is 0 Å². The minimum absolute atomic E-state index is 0.543. The van der Waals surface area contributed by atoms with E-state index in [-0.39, 0.29) is 0 Å². The molecule has 104 valence electrons. The number of nitrogens with one attached hydrogen (secondary N) is 1. The predicted molar refractivity (Wildman–Crippen MR) is 84.8 cm³/mol. The van der Waals surface area contributed by atoms with E-state index in [2.05, 4.69) is 47.6 Å². The lowest BCUT2D eigenvalue weighted by atomic mass is 9.83. The molecule has 0 aliphatic heterocycles. The predicted octanol–water partition coefficient (Wildman–Crippen LogP) is 4.33. The summed E-state index contributed by atoms with van der Waals surface area (Å²) in [5.74, 6) is 0. The van der Waals surface area contributed by atoms with Gasteiger partial charge in [0.25, 0.3) is 0 Å². The molecule has 2 heteroatoms. The van der Waals surface area contributed by atoms with Crippen molar-refractivity contribution in [3.63, 3.8) is 0 Å². The van der Waals surface area contributed by atoms with E-state index in [1.807, 2.05) is 0 Å². The Hall–Kier alpha value is -0.470. The van der Waals surface area contributed by atoms with Crippen molar-refractivity contribution in [2.75, 3.05) is 12.8 Å². The average Bonchev–Trinajstić information content (AvgIpc) is 2.61. The van der Waals surface area contributed by atoms with Crippen LogP contribution in [0.1, 0.15) is 55.7 Å². The molecule has 0 aromatic heterocycles. The quantitative estimate of drug-likeness (QED) is 0.821. The number of fused-ring (bicyclic) bond motifs is 1. The molecule has 1 aromatic rings. The number of rotatable bonds is 4. The van der Waals surface area contributed by atoms with Crippen LogP contribution in [-0.4, -0.2) is 17.5 Å². The van der Waals surface area contributed by atoms with E-state index >= 15 is 0 Å². The van der Waals surface area contributed by atoms with Crippen molar-refractivity contribution in [2.45, 2.75) is 55.7 Å². The summed E-state index contributed by atoms with van der Waals surface area (Å²) in [6, 6.07) is 9.64. The smallest absolute Gasteiger partial charge is 0.0323 e. The van der Waals surface area contributed by atoms with Gasteiger partial charge in [0, 0.05) is 17.3 Å². The first kappa shape index (κ1) is 13.5. The monoisotopic (exact) mass is 275 g/mol. The van der Waals surface area contributed by atoms with Crippen molar-refractivity contribution in [1.29, 1.82) is 0 Å². The van der Waals surface area contributed by atoms with Gasteiger partial charge in [0.15, 0.2) is 0 Å². The van der Waals surface area contributed by atoms with Crippen molar-refractivity contribution in [1.82, 2.24) is 5.32 Å². The standard InChI is InChI=1S/C17H25NS/c1-19-17(11-6-12-17)13-18-16-10-5-3-8-14-7-2-4-9-15(14)16/h2,4,7,9,16,18H,3,5-6,8,10-13H2,1H3. The van der Waals surface area contributed by atoms with Crippen LogP contribution in [0.15, 0.2) is 24.3 Å². The highest BCUT2D eigenvalue weighted by molar-refractivity contribution is 8.00. The van der Waals surface area contributed by atoms with E-state index in [1.54, 1.807) is 11.1 Å². The maximum Gasteiger partial charge on any atom is 0.0323 e. The van der Waals surface area contributed by atoms with Crippen molar-refractivity contribution < 1.29 is 0 Å².